The largest absolute Gasteiger partial charge is 0.481 e. The third-order valence-corrected chi connectivity index (χ3v) is 9.68. The van der Waals surface area contributed by atoms with Crippen LogP contribution in [0.3, 0.4) is 0 Å². The second-order valence-corrected chi connectivity index (χ2v) is 15.0. The van der Waals surface area contributed by atoms with E-state index in [1.807, 2.05) is 0 Å². The van der Waals surface area contributed by atoms with Crippen LogP contribution in [0.5, 0.6) is 0 Å². The van der Waals surface area contributed by atoms with E-state index in [0.717, 1.165) is 19.3 Å². The van der Waals surface area contributed by atoms with Crippen LogP contribution < -0.4 is 10.6 Å². The van der Waals surface area contributed by atoms with Crippen LogP contribution in [0.15, 0.2) is 6.20 Å². The lowest BCUT2D eigenvalue weighted by atomic mass is 10.0. The zero-order chi connectivity index (χ0) is 44.4. The summed E-state index contributed by atoms with van der Waals surface area (Å²) in [6, 6.07) is -2.64. The number of aromatic nitrogens is 3. The molecule has 0 radical (unpaired) electrons. The van der Waals surface area contributed by atoms with Gasteiger partial charge in [0.05, 0.1) is 98.6 Å². The highest BCUT2D eigenvalue weighted by atomic mass is 16.6. The Labute approximate surface area is 363 Å². The molecule has 1 aromatic heterocycles. The standard InChI is InChI=1S/C43H79N5O13/c1-3-4-5-6-7-8-9-10-11-12-13-14-15-16-17-18-19-40(49)44-39(42(52)45-38(43(53)54)20-21-41(50)51)36-61-35-37-34-48(47-46-37)22-23-56-26-27-58-30-31-60-33-32-59-29-28-57-25-24-55-2/h34,38-39H,3-33,35-36H2,1-2H3,(H,44,49)(H,45,52)(H,50,51)(H,53,54)/t38-,39+/m1/s1. The highest BCUT2D eigenvalue weighted by Gasteiger charge is 2.27. The first-order valence-electron chi connectivity index (χ1n) is 22.7. The summed E-state index contributed by atoms with van der Waals surface area (Å²) in [4.78, 5) is 48.8. The average Bonchev–Trinajstić information content (AvgIpc) is 3.69. The Morgan fingerprint density at radius 2 is 1.08 bits per heavy atom. The predicted octanol–water partition coefficient (Wildman–Crippen LogP) is 5.09. The summed E-state index contributed by atoms with van der Waals surface area (Å²) in [5.74, 6) is -3.69. The number of carboxylic acid groups (broad SMARTS) is 2. The van der Waals surface area contributed by atoms with Crippen LogP contribution in [0.2, 0.25) is 0 Å². The molecule has 0 unspecified atom stereocenters. The van der Waals surface area contributed by atoms with Gasteiger partial charge in [-0.15, -0.1) is 5.10 Å². The van der Waals surface area contributed by atoms with E-state index in [-0.39, 0.29) is 32.0 Å². The smallest absolute Gasteiger partial charge is 0.326 e. The molecule has 0 bridgehead atoms. The number of carboxylic acids is 2. The number of aliphatic carboxylic acids is 2. The normalized spacial score (nSPS) is 12.4. The maximum atomic E-state index is 13.2. The van der Waals surface area contributed by atoms with Crippen molar-refractivity contribution in [3.05, 3.63) is 11.9 Å². The van der Waals surface area contributed by atoms with Gasteiger partial charge in [-0.05, 0) is 12.8 Å². The van der Waals surface area contributed by atoms with Gasteiger partial charge in [-0.1, -0.05) is 108 Å². The van der Waals surface area contributed by atoms with E-state index >= 15 is 0 Å². The second-order valence-electron chi connectivity index (χ2n) is 15.0. The number of carbonyl (C=O) groups is 4. The molecule has 0 saturated carbocycles. The summed E-state index contributed by atoms with van der Waals surface area (Å²) in [6.07, 6.45) is 20.6. The summed E-state index contributed by atoms with van der Waals surface area (Å²) in [6.45, 7) is 7.54. The number of amides is 2. The van der Waals surface area contributed by atoms with Gasteiger partial charge in [-0.25, -0.2) is 9.48 Å². The summed E-state index contributed by atoms with van der Waals surface area (Å²) in [5, 5.41) is 31.7. The summed E-state index contributed by atoms with van der Waals surface area (Å²) in [7, 11) is 1.63. The average molecular weight is 874 g/mol. The van der Waals surface area contributed by atoms with Crippen molar-refractivity contribution in [1.82, 2.24) is 25.6 Å². The summed E-state index contributed by atoms with van der Waals surface area (Å²) < 4.78 is 39.5. The Bertz CT molecular complexity index is 1230. The van der Waals surface area contributed by atoms with Crippen molar-refractivity contribution < 1.29 is 62.5 Å². The van der Waals surface area contributed by atoms with Crippen LogP contribution in [-0.4, -0.2) is 147 Å². The van der Waals surface area contributed by atoms with Crippen molar-refractivity contribution >= 4 is 23.8 Å². The van der Waals surface area contributed by atoms with E-state index in [1.165, 1.54) is 77.0 Å². The number of nitrogens with one attached hydrogen (secondary N) is 2. The monoisotopic (exact) mass is 874 g/mol. The quantitative estimate of drug-likeness (QED) is 0.0626. The molecule has 2 atom stereocenters. The van der Waals surface area contributed by atoms with Gasteiger partial charge in [0.15, 0.2) is 0 Å². The molecule has 0 saturated heterocycles. The van der Waals surface area contributed by atoms with Crippen LogP contribution in [0.1, 0.15) is 135 Å². The van der Waals surface area contributed by atoms with Gasteiger partial charge in [0, 0.05) is 20.0 Å². The summed E-state index contributed by atoms with van der Waals surface area (Å²) >= 11 is 0. The number of methoxy groups -OCH3 is 1. The van der Waals surface area contributed by atoms with Gasteiger partial charge >= 0.3 is 11.9 Å². The van der Waals surface area contributed by atoms with Gasteiger partial charge in [0.25, 0.3) is 0 Å². The molecule has 1 aromatic rings. The Hall–Kier alpha value is -3.26. The fourth-order valence-corrected chi connectivity index (χ4v) is 6.16. The molecule has 0 aliphatic rings. The Morgan fingerprint density at radius 3 is 1.56 bits per heavy atom. The number of carbonyl (C=O) groups excluding carboxylic acids is 2. The zero-order valence-electron chi connectivity index (χ0n) is 37.3. The van der Waals surface area contributed by atoms with E-state index in [4.69, 9.17) is 38.3 Å². The lowest BCUT2D eigenvalue weighted by molar-refractivity contribution is -0.143. The minimum atomic E-state index is -1.44. The van der Waals surface area contributed by atoms with Crippen molar-refractivity contribution in [1.29, 1.82) is 0 Å². The summed E-state index contributed by atoms with van der Waals surface area (Å²) in [5.41, 5.74) is 0.479. The maximum Gasteiger partial charge on any atom is 0.326 e. The zero-order valence-corrected chi connectivity index (χ0v) is 37.3. The van der Waals surface area contributed by atoms with Gasteiger partial charge in [-0.3, -0.25) is 14.4 Å². The molecular weight excluding hydrogens is 794 g/mol. The number of hydrogen-bond donors (Lipinski definition) is 4. The van der Waals surface area contributed by atoms with Gasteiger partial charge in [0.1, 0.15) is 17.8 Å². The van der Waals surface area contributed by atoms with Crippen LogP contribution >= 0.6 is 0 Å². The fraction of sp³-hybridized carbons (Fsp3) is 0.860. The predicted molar refractivity (Wildman–Crippen MR) is 228 cm³/mol. The molecule has 0 fully saturated rings. The van der Waals surface area contributed by atoms with E-state index in [9.17, 15) is 24.3 Å². The molecule has 0 aromatic carbocycles. The van der Waals surface area contributed by atoms with Crippen LogP contribution in [0, 0.1) is 0 Å². The SMILES string of the molecule is CCCCCCCCCCCCCCCCCCC(=O)N[C@@H](COCc1cn(CCOCCOCCOCCOCCOCCOC)nn1)C(=O)N[C@H](CCC(=O)O)C(=O)O. The van der Waals surface area contributed by atoms with Crippen molar-refractivity contribution in [2.45, 2.75) is 154 Å². The number of unbranched alkanes of at least 4 members (excludes halogenated alkanes) is 15. The van der Waals surface area contributed by atoms with Gasteiger partial charge in [-0.2, -0.15) is 0 Å². The Balaban J connectivity index is 2.32. The van der Waals surface area contributed by atoms with Crippen LogP contribution in [-0.2, 0) is 65.5 Å². The minimum Gasteiger partial charge on any atom is -0.481 e. The van der Waals surface area contributed by atoms with E-state index in [1.54, 1.807) is 18.0 Å². The molecule has 18 heteroatoms. The van der Waals surface area contributed by atoms with E-state index in [2.05, 4.69) is 27.9 Å². The first-order chi connectivity index (χ1) is 29.8. The van der Waals surface area contributed by atoms with Crippen molar-refractivity contribution in [2.24, 2.45) is 0 Å². The van der Waals surface area contributed by atoms with Gasteiger partial charge in [0.2, 0.25) is 11.8 Å². The molecule has 1 rings (SSSR count). The fourth-order valence-electron chi connectivity index (χ4n) is 6.16. The molecule has 0 aliphatic heterocycles. The van der Waals surface area contributed by atoms with Crippen molar-refractivity contribution in [3.63, 3.8) is 0 Å². The number of nitrogens with zero attached hydrogens (tertiary/aromatic N) is 3. The number of ether oxygens (including phenoxy) is 7. The topological polar surface area (TPSA) is 228 Å². The van der Waals surface area contributed by atoms with Crippen molar-refractivity contribution in [3.8, 4) is 0 Å². The van der Waals surface area contributed by atoms with Gasteiger partial charge < -0.3 is 54.0 Å². The van der Waals surface area contributed by atoms with Crippen molar-refractivity contribution in [2.75, 3.05) is 86.4 Å². The second kappa shape index (κ2) is 40.8. The Kier molecular flexibility index (Phi) is 37.3. The lowest BCUT2D eigenvalue weighted by Crippen LogP contribution is -2.53. The molecule has 61 heavy (non-hydrogen) atoms. The number of hydrogen-bond acceptors (Lipinski definition) is 13. The first-order valence-corrected chi connectivity index (χ1v) is 22.7. The number of rotatable bonds is 46. The maximum absolute atomic E-state index is 13.2. The molecular formula is C43H79N5O13. The van der Waals surface area contributed by atoms with E-state index in [0.29, 0.717) is 91.3 Å². The molecule has 2 amide bonds. The third kappa shape index (κ3) is 35.0. The molecule has 0 spiro atoms. The van der Waals surface area contributed by atoms with E-state index < -0.39 is 36.4 Å². The minimum absolute atomic E-state index is 0.0215. The van der Waals surface area contributed by atoms with Crippen LogP contribution in [0.25, 0.3) is 0 Å². The molecule has 18 nitrogen and oxygen atoms in total. The highest BCUT2D eigenvalue weighted by Crippen LogP contribution is 2.14. The molecule has 1 heterocycles. The first kappa shape index (κ1) is 55.8. The lowest BCUT2D eigenvalue weighted by Gasteiger charge is -2.21. The molecule has 354 valence electrons. The van der Waals surface area contributed by atoms with Crippen LogP contribution in [0.4, 0.5) is 0 Å². The highest BCUT2D eigenvalue weighted by molar-refractivity contribution is 5.90. The molecule has 4 N–H and O–H groups in total. The molecule has 0 aliphatic carbocycles. The Morgan fingerprint density at radius 1 is 0.607 bits per heavy atom. The third-order valence-electron chi connectivity index (χ3n) is 9.68.